The van der Waals surface area contributed by atoms with E-state index < -0.39 is 0 Å². The van der Waals surface area contributed by atoms with Gasteiger partial charge in [0.25, 0.3) is 0 Å². The number of carbonyl (C=O) groups is 1. The highest BCUT2D eigenvalue weighted by atomic mass is 35.5. The Balaban J connectivity index is 0.00000264. The van der Waals surface area contributed by atoms with E-state index in [0.29, 0.717) is 19.5 Å². The summed E-state index contributed by atoms with van der Waals surface area (Å²) in [5.41, 5.74) is 6.79. The van der Waals surface area contributed by atoms with Crippen LogP contribution in [0.5, 0.6) is 0 Å². The quantitative estimate of drug-likeness (QED) is 0.785. The molecule has 0 spiro atoms. The Morgan fingerprint density at radius 3 is 2.70 bits per heavy atom. The Hall–Kier alpha value is -0.810. The van der Waals surface area contributed by atoms with Gasteiger partial charge in [-0.1, -0.05) is 36.6 Å². The van der Waals surface area contributed by atoms with Crippen LogP contribution in [-0.4, -0.2) is 32.2 Å². The predicted molar refractivity (Wildman–Crippen MR) is 96.3 cm³/mol. The molecule has 1 fully saturated rings. The minimum atomic E-state index is -0.217. The third-order valence-electron chi connectivity index (χ3n) is 4.63. The lowest BCUT2D eigenvalue weighted by atomic mass is 9.79. The van der Waals surface area contributed by atoms with Gasteiger partial charge >= 0.3 is 0 Å². The summed E-state index contributed by atoms with van der Waals surface area (Å²) in [6.45, 7) is 0.997. The molecule has 0 saturated heterocycles. The average molecular weight is 361 g/mol. The van der Waals surface area contributed by atoms with Crippen molar-refractivity contribution in [3.8, 4) is 0 Å². The molecule has 0 bridgehead atoms. The summed E-state index contributed by atoms with van der Waals surface area (Å²) < 4.78 is 5.16. The van der Waals surface area contributed by atoms with Gasteiger partial charge < -0.3 is 15.8 Å². The smallest absolute Gasteiger partial charge is 0.222 e. The number of nitrogens with one attached hydrogen (secondary N) is 1. The van der Waals surface area contributed by atoms with Crippen LogP contribution in [0.1, 0.15) is 37.7 Å². The monoisotopic (exact) mass is 360 g/mol. The Labute approximate surface area is 149 Å². The van der Waals surface area contributed by atoms with E-state index in [9.17, 15) is 4.79 Å². The molecule has 0 radical (unpaired) electrons. The normalized spacial score (nSPS) is 17.3. The standard InChI is InChI=1S/C17H25ClN2O2.ClH/c1-22-15(11-19)10-16(21)20-12-17(7-2-3-8-17)13-5-4-6-14(18)9-13;/h4-6,9,15H,2-3,7-8,10-12,19H2,1H3,(H,20,21);1H. The van der Waals surface area contributed by atoms with Crippen LogP contribution in [0.4, 0.5) is 0 Å². The molecule has 1 saturated carbocycles. The highest BCUT2D eigenvalue weighted by Crippen LogP contribution is 2.41. The number of amides is 1. The van der Waals surface area contributed by atoms with E-state index in [-0.39, 0.29) is 29.8 Å². The molecule has 23 heavy (non-hydrogen) atoms. The zero-order valence-corrected chi connectivity index (χ0v) is 15.1. The molecular formula is C17H26Cl2N2O2. The molecule has 1 aliphatic rings. The van der Waals surface area contributed by atoms with E-state index in [1.165, 1.54) is 18.4 Å². The maximum Gasteiger partial charge on any atom is 0.222 e. The van der Waals surface area contributed by atoms with Gasteiger partial charge in [-0.15, -0.1) is 12.4 Å². The highest BCUT2D eigenvalue weighted by Gasteiger charge is 2.36. The number of halogens is 2. The van der Waals surface area contributed by atoms with Crippen molar-refractivity contribution < 1.29 is 9.53 Å². The third kappa shape index (κ3) is 5.35. The summed E-state index contributed by atoms with van der Waals surface area (Å²) in [6, 6.07) is 8.00. The minimum Gasteiger partial charge on any atom is -0.380 e. The lowest BCUT2D eigenvalue weighted by Gasteiger charge is -2.30. The van der Waals surface area contributed by atoms with Crippen LogP contribution >= 0.6 is 24.0 Å². The van der Waals surface area contributed by atoms with Gasteiger partial charge in [0.2, 0.25) is 5.91 Å². The molecule has 4 nitrogen and oxygen atoms in total. The summed E-state index contributed by atoms with van der Waals surface area (Å²) in [5, 5.41) is 3.81. The van der Waals surface area contributed by atoms with Crippen LogP contribution in [0, 0.1) is 0 Å². The van der Waals surface area contributed by atoms with Gasteiger partial charge in [0.05, 0.1) is 12.5 Å². The molecule has 6 heteroatoms. The fourth-order valence-electron chi connectivity index (χ4n) is 3.25. The molecule has 1 unspecified atom stereocenters. The fourth-order valence-corrected chi connectivity index (χ4v) is 3.44. The van der Waals surface area contributed by atoms with Crippen molar-refractivity contribution in [3.05, 3.63) is 34.9 Å². The minimum absolute atomic E-state index is 0. The Kier molecular flexibility index (Phi) is 8.34. The zero-order valence-electron chi connectivity index (χ0n) is 13.5. The van der Waals surface area contributed by atoms with Crippen LogP contribution in [-0.2, 0) is 14.9 Å². The fraction of sp³-hybridized carbons (Fsp3) is 0.588. The lowest BCUT2D eigenvalue weighted by Crippen LogP contribution is -2.41. The molecule has 1 aromatic carbocycles. The van der Waals surface area contributed by atoms with E-state index in [0.717, 1.165) is 17.9 Å². The van der Waals surface area contributed by atoms with Crippen LogP contribution in [0.2, 0.25) is 5.02 Å². The number of methoxy groups -OCH3 is 1. The molecule has 1 aliphatic carbocycles. The summed E-state index contributed by atoms with van der Waals surface area (Å²) in [7, 11) is 1.58. The second kappa shape index (κ2) is 9.48. The summed E-state index contributed by atoms with van der Waals surface area (Å²) in [6.07, 6.45) is 4.62. The first kappa shape index (κ1) is 20.2. The van der Waals surface area contributed by atoms with Crippen molar-refractivity contribution in [1.29, 1.82) is 0 Å². The van der Waals surface area contributed by atoms with Gasteiger partial charge in [0.15, 0.2) is 0 Å². The van der Waals surface area contributed by atoms with Crippen LogP contribution in [0.15, 0.2) is 24.3 Å². The molecule has 130 valence electrons. The van der Waals surface area contributed by atoms with Crippen LogP contribution < -0.4 is 11.1 Å². The van der Waals surface area contributed by atoms with Crippen LogP contribution in [0.3, 0.4) is 0 Å². The largest absolute Gasteiger partial charge is 0.380 e. The molecule has 1 aromatic rings. The predicted octanol–water partition coefficient (Wildman–Crippen LogP) is 3.05. The number of hydrogen-bond acceptors (Lipinski definition) is 3. The number of nitrogens with two attached hydrogens (primary N) is 1. The molecule has 0 aliphatic heterocycles. The summed E-state index contributed by atoms with van der Waals surface area (Å²) >= 11 is 6.14. The van der Waals surface area contributed by atoms with E-state index in [4.69, 9.17) is 22.1 Å². The van der Waals surface area contributed by atoms with E-state index >= 15 is 0 Å². The Bertz CT molecular complexity index is 501. The molecule has 0 heterocycles. The Morgan fingerprint density at radius 1 is 1.43 bits per heavy atom. The highest BCUT2D eigenvalue weighted by molar-refractivity contribution is 6.30. The number of hydrogen-bond donors (Lipinski definition) is 2. The van der Waals surface area contributed by atoms with Gasteiger partial charge in [-0.2, -0.15) is 0 Å². The van der Waals surface area contributed by atoms with Gasteiger partial charge in [-0.3, -0.25) is 4.79 Å². The van der Waals surface area contributed by atoms with E-state index in [1.807, 2.05) is 18.2 Å². The number of rotatable bonds is 7. The molecular weight excluding hydrogens is 335 g/mol. The van der Waals surface area contributed by atoms with Crippen molar-refractivity contribution in [1.82, 2.24) is 5.32 Å². The lowest BCUT2D eigenvalue weighted by molar-refractivity contribution is -0.123. The van der Waals surface area contributed by atoms with Gasteiger partial charge in [0.1, 0.15) is 0 Å². The van der Waals surface area contributed by atoms with E-state index in [1.54, 1.807) is 7.11 Å². The molecule has 1 atom stereocenters. The zero-order chi connectivity index (χ0) is 16.0. The molecule has 0 aromatic heterocycles. The molecule has 2 rings (SSSR count). The number of carbonyl (C=O) groups excluding carboxylic acids is 1. The first-order chi connectivity index (χ1) is 10.6. The van der Waals surface area contributed by atoms with E-state index in [2.05, 4.69) is 11.4 Å². The van der Waals surface area contributed by atoms with Crippen molar-refractivity contribution in [2.75, 3.05) is 20.2 Å². The van der Waals surface area contributed by atoms with Crippen molar-refractivity contribution in [3.63, 3.8) is 0 Å². The first-order valence-corrected chi connectivity index (χ1v) is 8.23. The summed E-state index contributed by atoms with van der Waals surface area (Å²) in [4.78, 5) is 12.1. The van der Waals surface area contributed by atoms with Crippen LogP contribution in [0.25, 0.3) is 0 Å². The topological polar surface area (TPSA) is 64.3 Å². The third-order valence-corrected chi connectivity index (χ3v) is 4.87. The maximum absolute atomic E-state index is 12.1. The van der Waals surface area contributed by atoms with Gasteiger partial charge in [-0.05, 0) is 30.5 Å². The van der Waals surface area contributed by atoms with Crippen molar-refractivity contribution in [2.24, 2.45) is 5.73 Å². The number of benzene rings is 1. The van der Waals surface area contributed by atoms with Crippen molar-refractivity contribution in [2.45, 2.75) is 43.6 Å². The SMILES string of the molecule is COC(CN)CC(=O)NCC1(c2cccc(Cl)c2)CCCC1.Cl. The second-order valence-corrected chi connectivity index (χ2v) is 6.51. The molecule has 3 N–H and O–H groups in total. The summed E-state index contributed by atoms with van der Waals surface area (Å²) in [5.74, 6) is -0.00870. The maximum atomic E-state index is 12.1. The van der Waals surface area contributed by atoms with Crippen molar-refractivity contribution >= 4 is 29.9 Å². The van der Waals surface area contributed by atoms with Gasteiger partial charge in [0, 0.05) is 30.6 Å². The average Bonchev–Trinajstić information content (AvgIpc) is 3.01. The number of ether oxygens (including phenoxy) is 1. The van der Waals surface area contributed by atoms with Gasteiger partial charge in [-0.25, -0.2) is 0 Å². The molecule has 1 amide bonds. The second-order valence-electron chi connectivity index (χ2n) is 6.07. The first-order valence-electron chi connectivity index (χ1n) is 7.85. The Morgan fingerprint density at radius 2 is 2.13 bits per heavy atom.